The highest BCUT2D eigenvalue weighted by atomic mass is 16.5. The van der Waals surface area contributed by atoms with Crippen LogP contribution >= 0.6 is 0 Å². The van der Waals surface area contributed by atoms with Gasteiger partial charge in [-0.05, 0) is 24.1 Å². The molecule has 0 unspecified atom stereocenters. The molecule has 0 heterocycles. The Morgan fingerprint density at radius 1 is 1.04 bits per heavy atom. The Balaban J connectivity index is 1.77. The molecule has 2 aromatic carbocycles. The quantitative estimate of drug-likeness (QED) is 0.785. The Hall–Kier alpha value is -2.49. The number of amides is 1. The fourth-order valence-corrected chi connectivity index (χ4v) is 2.44. The molecule has 0 aliphatic carbocycles. The van der Waals surface area contributed by atoms with Gasteiger partial charge >= 0.3 is 0 Å². The van der Waals surface area contributed by atoms with Crippen molar-refractivity contribution in [3.05, 3.63) is 59.7 Å². The molecule has 0 radical (unpaired) electrons. The van der Waals surface area contributed by atoms with E-state index in [1.54, 1.807) is 7.11 Å². The highest BCUT2D eigenvalue weighted by molar-refractivity contribution is 5.76. The monoisotopic (exact) mass is 312 g/mol. The molecule has 0 atom stereocenters. The Kier molecular flexibility index (Phi) is 6.48. The van der Waals surface area contributed by atoms with Gasteiger partial charge in [0.15, 0.2) is 0 Å². The first-order valence-electron chi connectivity index (χ1n) is 7.95. The van der Waals surface area contributed by atoms with Crippen LogP contribution in [0.1, 0.15) is 24.5 Å². The second-order valence-corrected chi connectivity index (χ2v) is 5.28. The normalized spacial score (nSPS) is 10.2. The number of benzene rings is 2. The molecule has 0 aromatic heterocycles. The zero-order valence-corrected chi connectivity index (χ0v) is 13.8. The predicted octanol–water partition coefficient (Wildman–Crippen LogP) is 3.38. The van der Waals surface area contributed by atoms with Crippen LogP contribution in [0, 0.1) is 0 Å². The molecule has 0 fully saturated rings. The highest BCUT2D eigenvalue weighted by Gasteiger charge is 2.05. The number of para-hydroxylation sites is 2. The third-order valence-electron chi connectivity index (χ3n) is 3.73. The van der Waals surface area contributed by atoms with Crippen LogP contribution in [0.25, 0.3) is 0 Å². The van der Waals surface area contributed by atoms with Crippen LogP contribution in [0.2, 0.25) is 0 Å². The zero-order chi connectivity index (χ0) is 16.5. The van der Waals surface area contributed by atoms with Crippen molar-refractivity contribution in [1.29, 1.82) is 0 Å². The van der Waals surface area contributed by atoms with Gasteiger partial charge in [0.2, 0.25) is 5.91 Å². The van der Waals surface area contributed by atoms with E-state index >= 15 is 0 Å². The molecule has 2 rings (SSSR count). The Morgan fingerprint density at radius 2 is 1.74 bits per heavy atom. The Bertz CT molecular complexity index is 641. The predicted molar refractivity (Wildman–Crippen MR) is 93.8 cm³/mol. The number of ether oxygens (including phenoxy) is 1. The average molecular weight is 312 g/mol. The molecule has 23 heavy (non-hydrogen) atoms. The van der Waals surface area contributed by atoms with E-state index in [9.17, 15) is 4.79 Å². The number of carbonyl (C=O) groups excluding carboxylic acids is 1. The summed E-state index contributed by atoms with van der Waals surface area (Å²) >= 11 is 0. The van der Waals surface area contributed by atoms with E-state index in [4.69, 9.17) is 4.74 Å². The van der Waals surface area contributed by atoms with E-state index in [0.717, 1.165) is 23.4 Å². The standard InChI is InChI=1S/C19H24N2O2/c1-3-15-8-4-6-10-17(15)20-13-12-19(22)21-14-16-9-5-7-11-18(16)23-2/h4-11,20H,3,12-14H2,1-2H3,(H,21,22). The molecule has 2 aromatic rings. The fraction of sp³-hybridized carbons (Fsp3) is 0.316. The molecule has 0 bridgehead atoms. The van der Waals surface area contributed by atoms with Gasteiger partial charge < -0.3 is 15.4 Å². The maximum atomic E-state index is 12.0. The van der Waals surface area contributed by atoms with Gasteiger partial charge in [0, 0.05) is 30.8 Å². The molecule has 4 heteroatoms. The van der Waals surface area contributed by atoms with Crippen molar-refractivity contribution < 1.29 is 9.53 Å². The van der Waals surface area contributed by atoms with E-state index in [1.165, 1.54) is 5.56 Å². The van der Waals surface area contributed by atoms with Gasteiger partial charge in [-0.1, -0.05) is 43.3 Å². The summed E-state index contributed by atoms with van der Waals surface area (Å²) in [5.74, 6) is 0.820. The maximum absolute atomic E-state index is 12.0. The molecule has 2 N–H and O–H groups in total. The minimum atomic E-state index is 0.0254. The van der Waals surface area contributed by atoms with Gasteiger partial charge in [-0.15, -0.1) is 0 Å². The van der Waals surface area contributed by atoms with Crippen LogP contribution in [0.4, 0.5) is 5.69 Å². The highest BCUT2D eigenvalue weighted by Crippen LogP contribution is 2.17. The number of aryl methyl sites for hydroxylation is 1. The third-order valence-corrected chi connectivity index (χ3v) is 3.73. The van der Waals surface area contributed by atoms with Gasteiger partial charge in [-0.25, -0.2) is 0 Å². The number of hydrogen-bond donors (Lipinski definition) is 2. The second kappa shape index (κ2) is 8.83. The van der Waals surface area contributed by atoms with Crippen LogP contribution < -0.4 is 15.4 Å². The first-order valence-corrected chi connectivity index (χ1v) is 7.95. The van der Waals surface area contributed by atoms with Gasteiger partial charge in [0.25, 0.3) is 0 Å². The Labute approximate surface area is 137 Å². The van der Waals surface area contributed by atoms with Crippen LogP contribution in [0.3, 0.4) is 0 Å². The topological polar surface area (TPSA) is 50.4 Å². The van der Waals surface area contributed by atoms with Gasteiger partial charge in [-0.2, -0.15) is 0 Å². The summed E-state index contributed by atoms with van der Waals surface area (Å²) in [4.78, 5) is 12.0. The van der Waals surface area contributed by atoms with Crippen molar-refractivity contribution in [2.45, 2.75) is 26.3 Å². The second-order valence-electron chi connectivity index (χ2n) is 5.28. The summed E-state index contributed by atoms with van der Waals surface area (Å²) < 4.78 is 5.28. The summed E-state index contributed by atoms with van der Waals surface area (Å²) in [6.07, 6.45) is 1.41. The lowest BCUT2D eigenvalue weighted by molar-refractivity contribution is -0.121. The van der Waals surface area contributed by atoms with Crippen molar-refractivity contribution in [2.75, 3.05) is 19.0 Å². The average Bonchev–Trinajstić information content (AvgIpc) is 2.60. The number of methoxy groups -OCH3 is 1. The first kappa shape index (κ1) is 16.9. The van der Waals surface area contributed by atoms with Crippen molar-refractivity contribution >= 4 is 11.6 Å². The minimum absolute atomic E-state index is 0.0254. The number of nitrogens with one attached hydrogen (secondary N) is 2. The van der Waals surface area contributed by atoms with E-state index < -0.39 is 0 Å². The first-order chi connectivity index (χ1) is 11.2. The molecule has 122 valence electrons. The Morgan fingerprint density at radius 3 is 2.48 bits per heavy atom. The number of rotatable bonds is 8. The zero-order valence-electron chi connectivity index (χ0n) is 13.8. The number of hydrogen-bond acceptors (Lipinski definition) is 3. The van der Waals surface area contributed by atoms with Crippen LogP contribution in [-0.4, -0.2) is 19.6 Å². The van der Waals surface area contributed by atoms with Crippen molar-refractivity contribution in [1.82, 2.24) is 5.32 Å². The number of anilines is 1. The van der Waals surface area contributed by atoms with Crippen LogP contribution in [0.15, 0.2) is 48.5 Å². The molecular weight excluding hydrogens is 288 g/mol. The lowest BCUT2D eigenvalue weighted by Gasteiger charge is -2.12. The summed E-state index contributed by atoms with van der Waals surface area (Å²) in [7, 11) is 1.63. The molecule has 4 nitrogen and oxygen atoms in total. The lowest BCUT2D eigenvalue weighted by atomic mass is 10.1. The molecule has 0 saturated heterocycles. The number of carbonyl (C=O) groups is 1. The SMILES string of the molecule is CCc1ccccc1NCCC(=O)NCc1ccccc1OC. The maximum Gasteiger partial charge on any atom is 0.222 e. The third kappa shape index (κ3) is 5.02. The van der Waals surface area contributed by atoms with Crippen LogP contribution in [-0.2, 0) is 17.8 Å². The van der Waals surface area contributed by atoms with E-state index in [1.807, 2.05) is 42.5 Å². The van der Waals surface area contributed by atoms with Gasteiger partial charge in [0.05, 0.1) is 7.11 Å². The fourth-order valence-electron chi connectivity index (χ4n) is 2.44. The minimum Gasteiger partial charge on any atom is -0.496 e. The molecular formula is C19H24N2O2. The molecule has 0 aliphatic rings. The van der Waals surface area contributed by atoms with Crippen molar-refractivity contribution in [2.24, 2.45) is 0 Å². The van der Waals surface area contributed by atoms with E-state index in [0.29, 0.717) is 19.5 Å². The summed E-state index contributed by atoms with van der Waals surface area (Å²) in [6.45, 7) is 3.23. The van der Waals surface area contributed by atoms with E-state index in [-0.39, 0.29) is 5.91 Å². The largest absolute Gasteiger partial charge is 0.496 e. The molecule has 0 spiro atoms. The van der Waals surface area contributed by atoms with Crippen molar-refractivity contribution in [3.8, 4) is 5.75 Å². The van der Waals surface area contributed by atoms with Gasteiger partial charge in [0.1, 0.15) is 5.75 Å². The van der Waals surface area contributed by atoms with Gasteiger partial charge in [-0.3, -0.25) is 4.79 Å². The van der Waals surface area contributed by atoms with Crippen LogP contribution in [0.5, 0.6) is 5.75 Å². The lowest BCUT2D eigenvalue weighted by Crippen LogP contribution is -2.25. The smallest absolute Gasteiger partial charge is 0.222 e. The summed E-state index contributed by atoms with van der Waals surface area (Å²) in [6, 6.07) is 15.9. The molecule has 0 saturated carbocycles. The van der Waals surface area contributed by atoms with E-state index in [2.05, 4.69) is 23.6 Å². The molecule has 0 aliphatic heterocycles. The summed E-state index contributed by atoms with van der Waals surface area (Å²) in [5.41, 5.74) is 3.35. The van der Waals surface area contributed by atoms with Crippen molar-refractivity contribution in [3.63, 3.8) is 0 Å². The summed E-state index contributed by atoms with van der Waals surface area (Å²) in [5, 5.41) is 6.26. The molecule has 1 amide bonds.